The molecule has 0 radical (unpaired) electrons. The molecule has 0 aliphatic heterocycles. The molecule has 0 amide bonds. The fourth-order valence-electron chi connectivity index (χ4n) is 1.46. The highest BCUT2D eigenvalue weighted by atomic mass is 35.5. The van der Waals surface area contributed by atoms with Crippen molar-refractivity contribution in [2.24, 2.45) is 0 Å². The lowest BCUT2D eigenvalue weighted by atomic mass is 10.2. The molecule has 0 saturated heterocycles. The Bertz CT molecular complexity index is 688. The van der Waals surface area contributed by atoms with Crippen LogP contribution in [0.3, 0.4) is 0 Å². The highest BCUT2D eigenvalue weighted by Crippen LogP contribution is 2.18. The Balaban J connectivity index is 2.67. The average molecular weight is 262 g/mol. The van der Waals surface area contributed by atoms with Crippen molar-refractivity contribution >= 4 is 11.6 Å². The van der Waals surface area contributed by atoms with Gasteiger partial charge in [0.1, 0.15) is 10.9 Å². The maximum atomic E-state index is 11.7. The molecule has 0 saturated carbocycles. The molecule has 1 aromatic carbocycles. The average Bonchev–Trinajstić information content (AvgIpc) is 2.40. The third-order valence-electron chi connectivity index (χ3n) is 2.27. The number of nitriles is 1. The van der Waals surface area contributed by atoms with Crippen molar-refractivity contribution in [2.45, 2.75) is 0 Å². The van der Waals surface area contributed by atoms with Crippen molar-refractivity contribution in [3.8, 4) is 17.5 Å². The molecular formula is C12H8ClN3O2. The Labute approximate surface area is 108 Å². The minimum Gasteiger partial charge on any atom is -0.497 e. The first-order chi connectivity index (χ1) is 8.63. The molecule has 18 heavy (non-hydrogen) atoms. The van der Waals surface area contributed by atoms with E-state index in [0.29, 0.717) is 17.0 Å². The molecule has 0 bridgehead atoms. The molecule has 0 aliphatic rings. The van der Waals surface area contributed by atoms with Crippen LogP contribution in [-0.4, -0.2) is 16.9 Å². The first-order valence-electron chi connectivity index (χ1n) is 4.99. The van der Waals surface area contributed by atoms with Gasteiger partial charge in [-0.25, -0.2) is 0 Å². The number of nitrogens with zero attached hydrogens (tertiary/aromatic N) is 3. The number of hydrogen-bond acceptors (Lipinski definition) is 4. The fraction of sp³-hybridized carbons (Fsp3) is 0.0833. The predicted octanol–water partition coefficient (Wildman–Crippen LogP) is 1.77. The zero-order valence-electron chi connectivity index (χ0n) is 9.42. The summed E-state index contributed by atoms with van der Waals surface area (Å²) in [7, 11) is 1.48. The number of methoxy groups -OCH3 is 1. The van der Waals surface area contributed by atoms with Crippen LogP contribution >= 0.6 is 11.6 Å². The van der Waals surface area contributed by atoms with Gasteiger partial charge >= 0.3 is 0 Å². The minimum absolute atomic E-state index is 0.191. The first-order valence-corrected chi connectivity index (χ1v) is 5.37. The Morgan fingerprint density at radius 2 is 2.17 bits per heavy atom. The summed E-state index contributed by atoms with van der Waals surface area (Å²) in [5.41, 5.74) is 0.466. The molecule has 2 aromatic rings. The van der Waals surface area contributed by atoms with Crippen molar-refractivity contribution in [3.05, 3.63) is 51.4 Å². The van der Waals surface area contributed by atoms with Crippen molar-refractivity contribution in [2.75, 3.05) is 7.11 Å². The number of ether oxygens (including phenoxy) is 1. The highest BCUT2D eigenvalue weighted by Gasteiger charge is 2.06. The molecule has 0 spiro atoms. The summed E-state index contributed by atoms with van der Waals surface area (Å²) < 4.78 is 6.18. The summed E-state index contributed by atoms with van der Waals surface area (Å²) in [4.78, 5) is 11.7. The molecule has 2 rings (SSSR count). The van der Waals surface area contributed by atoms with Crippen molar-refractivity contribution in [3.63, 3.8) is 0 Å². The molecule has 90 valence electrons. The van der Waals surface area contributed by atoms with Gasteiger partial charge in [0.2, 0.25) is 0 Å². The zero-order chi connectivity index (χ0) is 13.1. The van der Waals surface area contributed by atoms with E-state index in [9.17, 15) is 4.79 Å². The van der Waals surface area contributed by atoms with Gasteiger partial charge in [-0.2, -0.15) is 15.0 Å². The van der Waals surface area contributed by atoms with E-state index >= 15 is 0 Å². The lowest BCUT2D eigenvalue weighted by Gasteiger charge is -2.07. The molecule has 6 heteroatoms. The van der Waals surface area contributed by atoms with E-state index in [1.165, 1.54) is 25.3 Å². The van der Waals surface area contributed by atoms with Gasteiger partial charge in [-0.1, -0.05) is 11.6 Å². The van der Waals surface area contributed by atoms with E-state index < -0.39 is 0 Å². The zero-order valence-corrected chi connectivity index (χ0v) is 10.2. The SMILES string of the molecule is COc1cc(C#N)cc(-n2nc(Cl)ccc2=O)c1. The summed E-state index contributed by atoms with van der Waals surface area (Å²) in [6.07, 6.45) is 0. The van der Waals surface area contributed by atoms with E-state index in [1.807, 2.05) is 6.07 Å². The van der Waals surface area contributed by atoms with E-state index in [0.717, 1.165) is 4.68 Å². The minimum atomic E-state index is -0.337. The van der Waals surface area contributed by atoms with Crippen molar-refractivity contribution in [1.82, 2.24) is 9.78 Å². The van der Waals surface area contributed by atoms with Gasteiger partial charge in [0, 0.05) is 12.1 Å². The van der Waals surface area contributed by atoms with Crippen LogP contribution in [0, 0.1) is 11.3 Å². The lowest BCUT2D eigenvalue weighted by Crippen LogP contribution is -2.19. The molecule has 0 unspecified atom stereocenters. The monoisotopic (exact) mass is 261 g/mol. The van der Waals surface area contributed by atoms with Crippen LogP contribution in [0.25, 0.3) is 5.69 Å². The van der Waals surface area contributed by atoms with Crippen LogP contribution in [0.2, 0.25) is 5.15 Å². The normalized spacial score (nSPS) is 9.83. The van der Waals surface area contributed by atoms with Crippen LogP contribution in [0.4, 0.5) is 0 Å². The largest absolute Gasteiger partial charge is 0.497 e. The summed E-state index contributed by atoms with van der Waals surface area (Å²) in [6.45, 7) is 0. The van der Waals surface area contributed by atoms with Crippen LogP contribution in [-0.2, 0) is 0 Å². The lowest BCUT2D eigenvalue weighted by molar-refractivity contribution is 0.414. The van der Waals surface area contributed by atoms with Gasteiger partial charge in [-0.15, -0.1) is 0 Å². The molecule has 0 fully saturated rings. The third-order valence-corrected chi connectivity index (χ3v) is 2.47. The highest BCUT2D eigenvalue weighted by molar-refractivity contribution is 6.29. The Morgan fingerprint density at radius 3 is 2.83 bits per heavy atom. The van der Waals surface area contributed by atoms with Gasteiger partial charge in [0.15, 0.2) is 0 Å². The van der Waals surface area contributed by atoms with E-state index in [-0.39, 0.29) is 10.7 Å². The van der Waals surface area contributed by atoms with E-state index in [1.54, 1.807) is 12.1 Å². The van der Waals surface area contributed by atoms with E-state index in [2.05, 4.69) is 5.10 Å². The number of halogens is 1. The molecule has 5 nitrogen and oxygen atoms in total. The molecular weight excluding hydrogens is 254 g/mol. The molecule has 0 aliphatic carbocycles. The van der Waals surface area contributed by atoms with Gasteiger partial charge in [0.25, 0.3) is 5.56 Å². The summed E-state index contributed by atoms with van der Waals surface area (Å²) in [5, 5.41) is 13.0. The molecule has 1 aromatic heterocycles. The second kappa shape index (κ2) is 4.90. The first kappa shape index (κ1) is 12.1. The van der Waals surface area contributed by atoms with Crippen LogP contribution in [0.5, 0.6) is 5.75 Å². The standard InChI is InChI=1S/C12H8ClN3O2/c1-18-10-5-8(7-14)4-9(6-10)16-12(17)3-2-11(13)15-16/h2-6H,1H3. The van der Waals surface area contributed by atoms with Crippen LogP contribution < -0.4 is 10.3 Å². The number of benzene rings is 1. The van der Waals surface area contributed by atoms with Crippen LogP contribution in [0.1, 0.15) is 5.56 Å². The summed E-state index contributed by atoms with van der Waals surface area (Å²) in [6, 6.07) is 9.41. The Morgan fingerprint density at radius 1 is 1.39 bits per heavy atom. The van der Waals surface area contributed by atoms with Gasteiger partial charge in [0.05, 0.1) is 24.4 Å². The number of hydrogen-bond donors (Lipinski definition) is 0. The quantitative estimate of drug-likeness (QED) is 0.826. The second-order valence-corrected chi connectivity index (χ2v) is 3.82. The fourth-order valence-corrected chi connectivity index (χ4v) is 1.60. The number of rotatable bonds is 2. The Hall–Kier alpha value is -2.32. The molecule has 0 atom stereocenters. The van der Waals surface area contributed by atoms with Gasteiger partial charge < -0.3 is 4.74 Å². The number of aromatic nitrogens is 2. The van der Waals surface area contributed by atoms with Gasteiger partial charge in [-0.05, 0) is 18.2 Å². The van der Waals surface area contributed by atoms with Gasteiger partial charge in [-0.3, -0.25) is 4.79 Å². The van der Waals surface area contributed by atoms with Crippen molar-refractivity contribution in [1.29, 1.82) is 5.26 Å². The summed E-state index contributed by atoms with van der Waals surface area (Å²) in [5.74, 6) is 0.470. The third kappa shape index (κ3) is 2.34. The summed E-state index contributed by atoms with van der Waals surface area (Å²) >= 11 is 5.75. The maximum absolute atomic E-state index is 11.7. The smallest absolute Gasteiger partial charge is 0.271 e. The predicted molar refractivity (Wildman–Crippen MR) is 66.1 cm³/mol. The maximum Gasteiger partial charge on any atom is 0.271 e. The Kier molecular flexibility index (Phi) is 3.31. The molecule has 0 N–H and O–H groups in total. The second-order valence-electron chi connectivity index (χ2n) is 3.44. The van der Waals surface area contributed by atoms with Crippen LogP contribution in [0.15, 0.2) is 35.1 Å². The van der Waals surface area contributed by atoms with Crippen molar-refractivity contribution < 1.29 is 4.74 Å². The van der Waals surface area contributed by atoms with E-state index in [4.69, 9.17) is 21.6 Å². The topological polar surface area (TPSA) is 67.9 Å². The molecule has 1 heterocycles.